The number of rotatable bonds is 18. The van der Waals surface area contributed by atoms with Gasteiger partial charge in [0, 0.05) is 14.1 Å². The van der Waals surface area contributed by atoms with Crippen molar-refractivity contribution in [1.82, 2.24) is 4.67 Å². The van der Waals surface area contributed by atoms with Crippen LogP contribution in [0.25, 0.3) is 0 Å². The highest BCUT2D eigenvalue weighted by Gasteiger charge is 2.52. The molecule has 0 amide bonds. The van der Waals surface area contributed by atoms with Crippen molar-refractivity contribution >= 4 is 37.2 Å². The fourth-order valence-corrected chi connectivity index (χ4v) is 14.4. The molecular weight excluding hydrogens is 628 g/mol. The van der Waals surface area contributed by atoms with Crippen LogP contribution in [0.1, 0.15) is 78.6 Å². The lowest BCUT2D eigenvalue weighted by molar-refractivity contribution is 0.264. The summed E-state index contributed by atoms with van der Waals surface area (Å²) in [5.41, 5.74) is 2.71. The maximum absolute atomic E-state index is 2.79. The molecule has 0 saturated heterocycles. The topological polar surface area (TPSA) is 3.24 Å². The molecule has 0 aromatic heterocycles. The van der Waals surface area contributed by atoms with Gasteiger partial charge in [-0.15, -0.1) is 0 Å². The zero-order valence-corrected chi connectivity index (χ0v) is 32.1. The summed E-state index contributed by atoms with van der Waals surface area (Å²) in [5.74, 6) is 1.42. The maximum Gasteiger partial charge on any atom is 0.0281 e. The summed E-state index contributed by atoms with van der Waals surface area (Å²) in [6.07, 6.45) is 19.1. The molecule has 3 unspecified atom stereocenters. The Balaban J connectivity index is 1.27. The minimum absolute atomic E-state index is 0.439. The van der Waals surface area contributed by atoms with Gasteiger partial charge in [-0.05, 0) is 98.6 Å². The fraction of sp³-hybridized carbons (Fsp3) is 0.391. The van der Waals surface area contributed by atoms with Gasteiger partial charge in [0.25, 0.3) is 0 Å². The van der Waals surface area contributed by atoms with Gasteiger partial charge in [-0.2, -0.15) is 0 Å². The minimum Gasteiger partial charge on any atom is -0.275 e. The first kappa shape index (κ1) is 36.0. The van der Waals surface area contributed by atoms with E-state index in [1.165, 1.54) is 79.0 Å². The minimum atomic E-state index is -0.653. The van der Waals surface area contributed by atoms with Crippen molar-refractivity contribution in [2.45, 2.75) is 90.3 Å². The van der Waals surface area contributed by atoms with E-state index in [1.807, 2.05) is 0 Å². The first-order valence-electron chi connectivity index (χ1n) is 18.9. The smallest absolute Gasteiger partial charge is 0.0281 e. The van der Waals surface area contributed by atoms with Crippen LogP contribution >= 0.6 is 16.0 Å². The highest BCUT2D eigenvalue weighted by atomic mass is 31.1. The molecule has 0 aliphatic heterocycles. The van der Waals surface area contributed by atoms with Gasteiger partial charge in [-0.25, -0.2) is 0 Å². The molecule has 6 rings (SSSR count). The molecule has 256 valence electrons. The van der Waals surface area contributed by atoms with E-state index >= 15 is 0 Å². The molecule has 4 aromatic rings. The average molecular weight is 686 g/mol. The molecule has 3 heteroatoms. The molecule has 49 heavy (non-hydrogen) atoms. The Kier molecular flexibility index (Phi) is 12.8. The average Bonchev–Trinajstić information content (AvgIpc) is 3.89. The van der Waals surface area contributed by atoms with Gasteiger partial charge in [-0.3, -0.25) is 4.67 Å². The number of unbranched alkanes of at least 4 members (excludes halogenated alkanes) is 3. The third-order valence-corrected chi connectivity index (χ3v) is 17.0. The van der Waals surface area contributed by atoms with Crippen molar-refractivity contribution in [3.63, 3.8) is 0 Å². The Hall–Kier alpha value is -2.82. The highest BCUT2D eigenvalue weighted by Crippen LogP contribution is 2.62. The molecule has 2 aliphatic carbocycles. The Labute approximate surface area is 300 Å². The summed E-state index contributed by atoms with van der Waals surface area (Å²) in [6, 6.07) is 46.1. The Bertz CT molecular complexity index is 1540. The normalized spacial score (nSPS) is 20.2. The number of nitrogens with zero attached hydrogens (tertiary/aromatic N) is 1. The summed E-state index contributed by atoms with van der Waals surface area (Å²) >= 11 is 0. The van der Waals surface area contributed by atoms with Gasteiger partial charge in [0.2, 0.25) is 0 Å². The molecule has 1 saturated carbocycles. The second-order valence-electron chi connectivity index (χ2n) is 14.6. The lowest BCUT2D eigenvalue weighted by Crippen LogP contribution is -2.43. The molecule has 5 atom stereocenters. The van der Waals surface area contributed by atoms with Crippen LogP contribution in [0.15, 0.2) is 145 Å². The standard InChI is InChI=1S/C46H57NP2/c1-5-23-45(48(39-25-12-8-13-26-39)40-27-14-9-15-28-40)43(33-20-6-7-21-34-46-35-22-24-37(2)44(46)36-46)38(3)47(4)49(41-29-16-10-17-30-41)42-31-18-11-19-32-42/h8-19,22,24-32,35,38,43-45H,5-7,20-21,23,33-34,36H2,1-4H3/t38?,43?,44?,45-,46-/m0/s1. The van der Waals surface area contributed by atoms with E-state index in [1.54, 1.807) is 5.57 Å². The first-order valence-corrected chi connectivity index (χ1v) is 21.6. The largest absolute Gasteiger partial charge is 0.275 e. The zero-order chi connectivity index (χ0) is 34.1. The highest BCUT2D eigenvalue weighted by molar-refractivity contribution is 7.73. The Morgan fingerprint density at radius 1 is 0.694 bits per heavy atom. The fourth-order valence-electron chi connectivity index (χ4n) is 8.58. The van der Waals surface area contributed by atoms with Crippen LogP contribution in [0.2, 0.25) is 0 Å². The van der Waals surface area contributed by atoms with Crippen LogP contribution in [-0.2, 0) is 0 Å². The number of allylic oxidation sites excluding steroid dienone is 4. The number of fused-ring (bicyclic) bond motifs is 1. The van der Waals surface area contributed by atoms with E-state index in [-0.39, 0.29) is 0 Å². The zero-order valence-electron chi connectivity index (χ0n) is 30.3. The molecule has 0 radical (unpaired) electrons. The molecular formula is C46H57NP2. The van der Waals surface area contributed by atoms with Crippen LogP contribution in [0.5, 0.6) is 0 Å². The van der Waals surface area contributed by atoms with E-state index in [0.29, 0.717) is 23.0 Å². The third-order valence-electron chi connectivity index (χ3n) is 11.4. The SMILES string of the molecule is CCC[C@@H](C(CCCCCC[C@@]12C=CC=C(C)C1C2)C(C)N(C)P(c1ccccc1)c1ccccc1)P(c1ccccc1)c1ccccc1. The molecule has 4 aromatic carbocycles. The van der Waals surface area contributed by atoms with Crippen LogP contribution in [-0.4, -0.2) is 23.4 Å². The summed E-state index contributed by atoms with van der Waals surface area (Å²) < 4.78 is 2.79. The van der Waals surface area contributed by atoms with Crippen LogP contribution < -0.4 is 21.2 Å². The van der Waals surface area contributed by atoms with Crippen LogP contribution in [0.4, 0.5) is 0 Å². The van der Waals surface area contributed by atoms with Crippen molar-refractivity contribution in [2.75, 3.05) is 7.05 Å². The van der Waals surface area contributed by atoms with E-state index in [2.05, 4.69) is 172 Å². The van der Waals surface area contributed by atoms with E-state index in [9.17, 15) is 0 Å². The van der Waals surface area contributed by atoms with Gasteiger partial charge in [0.15, 0.2) is 0 Å². The lowest BCUT2D eigenvalue weighted by atomic mass is 9.87. The predicted octanol–water partition coefficient (Wildman–Crippen LogP) is 11.1. The second-order valence-corrected chi connectivity index (χ2v) is 19.3. The summed E-state index contributed by atoms with van der Waals surface area (Å²) in [4.78, 5) is 0. The molecule has 0 N–H and O–H groups in total. The van der Waals surface area contributed by atoms with Gasteiger partial charge < -0.3 is 0 Å². The quantitative estimate of drug-likeness (QED) is 0.0744. The number of hydrogen-bond donors (Lipinski definition) is 0. The monoisotopic (exact) mass is 685 g/mol. The van der Waals surface area contributed by atoms with Crippen LogP contribution in [0, 0.1) is 17.3 Å². The van der Waals surface area contributed by atoms with Gasteiger partial charge in [-0.1, -0.05) is 184 Å². The maximum atomic E-state index is 2.79. The van der Waals surface area contributed by atoms with Gasteiger partial charge >= 0.3 is 0 Å². The van der Waals surface area contributed by atoms with Crippen LogP contribution in [0.3, 0.4) is 0 Å². The summed E-state index contributed by atoms with van der Waals surface area (Å²) in [5, 5.41) is 5.94. The van der Waals surface area contributed by atoms with E-state index in [4.69, 9.17) is 0 Å². The molecule has 0 bridgehead atoms. The van der Waals surface area contributed by atoms with Crippen molar-refractivity contribution in [3.05, 3.63) is 145 Å². The molecule has 2 aliphatic rings. The predicted molar refractivity (Wildman–Crippen MR) is 219 cm³/mol. The van der Waals surface area contributed by atoms with Crippen molar-refractivity contribution in [1.29, 1.82) is 0 Å². The second kappa shape index (κ2) is 17.4. The summed E-state index contributed by atoms with van der Waals surface area (Å²) in [7, 11) is 1.26. The molecule has 0 spiro atoms. The number of benzene rings is 4. The Morgan fingerprint density at radius 3 is 1.73 bits per heavy atom. The third kappa shape index (κ3) is 8.74. The van der Waals surface area contributed by atoms with Crippen molar-refractivity contribution < 1.29 is 0 Å². The van der Waals surface area contributed by atoms with Gasteiger partial charge in [0.05, 0.1) is 0 Å². The number of hydrogen-bond acceptors (Lipinski definition) is 1. The Morgan fingerprint density at radius 2 is 1.20 bits per heavy atom. The van der Waals surface area contributed by atoms with Crippen molar-refractivity contribution in [2.24, 2.45) is 17.3 Å². The molecule has 0 heterocycles. The van der Waals surface area contributed by atoms with Gasteiger partial charge in [0.1, 0.15) is 0 Å². The first-order chi connectivity index (χ1) is 24.0. The lowest BCUT2D eigenvalue weighted by Gasteiger charge is -2.44. The molecule has 1 fully saturated rings. The van der Waals surface area contributed by atoms with E-state index < -0.39 is 16.0 Å². The van der Waals surface area contributed by atoms with Crippen molar-refractivity contribution in [3.8, 4) is 0 Å². The summed E-state index contributed by atoms with van der Waals surface area (Å²) in [6.45, 7) is 7.31. The molecule has 1 nitrogen and oxygen atoms in total. The van der Waals surface area contributed by atoms with E-state index in [0.717, 1.165) is 5.92 Å².